The number of piperidine rings is 2. The van der Waals surface area contributed by atoms with Gasteiger partial charge in [0.1, 0.15) is 5.75 Å². The Bertz CT molecular complexity index is 1660. The molecule has 1 N–H and O–H groups in total. The lowest BCUT2D eigenvalue weighted by molar-refractivity contribution is -0.137. The Morgan fingerprint density at radius 3 is 2.39 bits per heavy atom. The number of nitrogens with zero attached hydrogens (tertiary/aromatic N) is 3. The van der Waals surface area contributed by atoms with E-state index in [0.717, 1.165) is 56.7 Å². The molecule has 0 radical (unpaired) electrons. The minimum atomic E-state index is -4.51. The summed E-state index contributed by atoms with van der Waals surface area (Å²) in [6.45, 7) is 6.27. The van der Waals surface area contributed by atoms with Crippen molar-refractivity contribution in [3.05, 3.63) is 95.1 Å². The number of hydrogen-bond acceptors (Lipinski definition) is 5. The van der Waals surface area contributed by atoms with E-state index in [-0.39, 0.29) is 11.9 Å². The fraction of sp³-hybridized carbons (Fsp3) is 0.405. The zero-order valence-electron chi connectivity index (χ0n) is 26.4. The maximum Gasteiger partial charge on any atom is 0.416 e. The van der Waals surface area contributed by atoms with Crippen molar-refractivity contribution in [2.45, 2.75) is 63.8 Å². The van der Waals surface area contributed by atoms with Crippen molar-refractivity contribution in [1.82, 2.24) is 20.1 Å². The molecule has 0 unspecified atom stereocenters. The van der Waals surface area contributed by atoms with Crippen LogP contribution in [0.3, 0.4) is 0 Å². The second kappa shape index (κ2) is 13.8. The summed E-state index contributed by atoms with van der Waals surface area (Å²) in [6, 6.07) is 20.5. The summed E-state index contributed by atoms with van der Waals surface area (Å²) in [7, 11) is 1.57. The standard InChI is InChI=1S/C37H41F3N4O2/c1-25(26-10-5-3-6-11-26)41-36(45)34-31-23-30(46-2)14-15-33(31)42-35(27-12-9-13-28(22-27)37(38,39)40)32(34)24-43-20-16-29(17-21-43)44-18-7-4-8-19-44/h3,5-6,9-15,22-23,25,29H,4,7-8,16-21,24H2,1-2H3,(H,41,45)/t25-/m0/s1. The number of nitrogens with one attached hydrogen (secondary N) is 1. The molecule has 1 aromatic heterocycles. The molecule has 2 aliphatic heterocycles. The zero-order valence-corrected chi connectivity index (χ0v) is 26.4. The Labute approximate surface area is 268 Å². The highest BCUT2D eigenvalue weighted by Crippen LogP contribution is 2.37. The lowest BCUT2D eigenvalue weighted by Crippen LogP contribution is -2.46. The number of carbonyl (C=O) groups excluding carboxylic acids is 1. The number of aromatic nitrogens is 1. The predicted molar refractivity (Wildman–Crippen MR) is 175 cm³/mol. The molecule has 4 aromatic rings. The molecule has 0 aliphatic carbocycles. The van der Waals surface area contributed by atoms with Gasteiger partial charge in [0.15, 0.2) is 0 Å². The van der Waals surface area contributed by atoms with E-state index in [1.54, 1.807) is 31.4 Å². The van der Waals surface area contributed by atoms with Gasteiger partial charge in [0.05, 0.1) is 35.5 Å². The van der Waals surface area contributed by atoms with Gasteiger partial charge in [-0.1, -0.05) is 48.9 Å². The minimum Gasteiger partial charge on any atom is -0.497 e. The fourth-order valence-corrected chi connectivity index (χ4v) is 6.95. The van der Waals surface area contributed by atoms with E-state index < -0.39 is 11.7 Å². The molecule has 242 valence electrons. The van der Waals surface area contributed by atoms with Crippen LogP contribution in [0.4, 0.5) is 13.2 Å². The number of carbonyl (C=O) groups is 1. The third-order valence-corrected chi connectivity index (χ3v) is 9.48. The molecule has 46 heavy (non-hydrogen) atoms. The molecule has 2 aliphatic rings. The van der Waals surface area contributed by atoms with Gasteiger partial charge in [0.25, 0.3) is 5.91 Å². The minimum absolute atomic E-state index is 0.298. The summed E-state index contributed by atoms with van der Waals surface area (Å²) in [5, 5.41) is 3.77. The van der Waals surface area contributed by atoms with Crippen LogP contribution in [0.2, 0.25) is 0 Å². The van der Waals surface area contributed by atoms with Crippen LogP contribution in [0.15, 0.2) is 72.8 Å². The van der Waals surface area contributed by atoms with Crippen LogP contribution >= 0.6 is 0 Å². The number of rotatable bonds is 8. The first-order valence-corrected chi connectivity index (χ1v) is 16.2. The molecule has 0 saturated carbocycles. The second-order valence-electron chi connectivity index (χ2n) is 12.5. The first-order chi connectivity index (χ1) is 22.2. The van der Waals surface area contributed by atoms with E-state index in [1.807, 2.05) is 37.3 Å². The normalized spacial score (nSPS) is 17.6. The lowest BCUT2D eigenvalue weighted by Gasteiger charge is -2.40. The van der Waals surface area contributed by atoms with Crippen molar-refractivity contribution in [3.63, 3.8) is 0 Å². The van der Waals surface area contributed by atoms with Crippen LogP contribution in [0.5, 0.6) is 5.75 Å². The van der Waals surface area contributed by atoms with Crippen LogP contribution in [0, 0.1) is 0 Å². The van der Waals surface area contributed by atoms with Gasteiger partial charge in [-0.25, -0.2) is 4.98 Å². The van der Waals surface area contributed by atoms with E-state index >= 15 is 0 Å². The van der Waals surface area contributed by atoms with Crippen molar-refractivity contribution >= 4 is 16.8 Å². The van der Waals surface area contributed by atoms with Gasteiger partial charge >= 0.3 is 6.18 Å². The van der Waals surface area contributed by atoms with E-state index in [9.17, 15) is 18.0 Å². The summed E-state index contributed by atoms with van der Waals surface area (Å²) in [5.74, 6) is 0.267. The number of halogens is 3. The summed E-state index contributed by atoms with van der Waals surface area (Å²) < 4.78 is 47.2. The summed E-state index contributed by atoms with van der Waals surface area (Å²) in [4.78, 5) is 24.3. The van der Waals surface area contributed by atoms with E-state index in [2.05, 4.69) is 15.1 Å². The third kappa shape index (κ3) is 7.05. The molecule has 1 amide bonds. The van der Waals surface area contributed by atoms with Gasteiger partial charge in [0, 0.05) is 29.1 Å². The van der Waals surface area contributed by atoms with E-state index in [0.29, 0.717) is 51.6 Å². The first-order valence-electron chi connectivity index (χ1n) is 16.2. The molecule has 0 spiro atoms. The van der Waals surface area contributed by atoms with Crippen LogP contribution in [0.25, 0.3) is 22.2 Å². The topological polar surface area (TPSA) is 57.7 Å². The van der Waals surface area contributed by atoms with Gasteiger partial charge in [-0.15, -0.1) is 0 Å². The van der Waals surface area contributed by atoms with Gasteiger partial charge in [-0.3, -0.25) is 9.69 Å². The molecule has 6 rings (SSSR count). The van der Waals surface area contributed by atoms with E-state index in [1.165, 1.54) is 25.3 Å². The molecular formula is C37H41F3N4O2. The summed E-state index contributed by atoms with van der Waals surface area (Å²) in [5.41, 5.74) is 2.46. The van der Waals surface area contributed by atoms with Crippen molar-refractivity contribution in [2.75, 3.05) is 33.3 Å². The van der Waals surface area contributed by atoms with Crippen LogP contribution < -0.4 is 10.1 Å². The molecule has 1 atom stereocenters. The van der Waals surface area contributed by atoms with Gasteiger partial charge < -0.3 is 15.0 Å². The third-order valence-electron chi connectivity index (χ3n) is 9.48. The number of amides is 1. The first kappa shape index (κ1) is 32.0. The van der Waals surface area contributed by atoms with Gasteiger partial charge in [0.2, 0.25) is 0 Å². The maximum absolute atomic E-state index is 14.4. The number of hydrogen-bond donors (Lipinski definition) is 1. The number of likely N-dealkylation sites (tertiary alicyclic amines) is 2. The average Bonchev–Trinajstić information content (AvgIpc) is 3.08. The second-order valence-corrected chi connectivity index (χ2v) is 12.5. The molecule has 2 saturated heterocycles. The molecule has 0 bridgehead atoms. The van der Waals surface area contributed by atoms with Crippen molar-refractivity contribution in [1.29, 1.82) is 0 Å². The molecule has 2 fully saturated rings. The average molecular weight is 631 g/mol. The number of alkyl halides is 3. The molecule has 9 heteroatoms. The highest BCUT2D eigenvalue weighted by atomic mass is 19.4. The highest BCUT2D eigenvalue weighted by Gasteiger charge is 2.32. The SMILES string of the molecule is COc1ccc2nc(-c3cccc(C(F)(F)F)c3)c(CN3CCC(N4CCCCC4)CC3)c(C(=O)N[C@@H](C)c3ccccc3)c2c1. The van der Waals surface area contributed by atoms with Crippen LogP contribution in [0.1, 0.15) is 72.1 Å². The number of fused-ring (bicyclic) bond motifs is 1. The Kier molecular flexibility index (Phi) is 9.61. The molecule has 3 aromatic carbocycles. The molecule has 6 nitrogen and oxygen atoms in total. The summed E-state index contributed by atoms with van der Waals surface area (Å²) in [6.07, 6.45) is 1.29. The predicted octanol–water partition coefficient (Wildman–Crippen LogP) is 7.87. The Morgan fingerprint density at radius 1 is 0.957 bits per heavy atom. The van der Waals surface area contributed by atoms with Crippen LogP contribution in [-0.2, 0) is 12.7 Å². The largest absolute Gasteiger partial charge is 0.497 e. The van der Waals surface area contributed by atoms with E-state index in [4.69, 9.17) is 9.72 Å². The Hall–Kier alpha value is -3.95. The summed E-state index contributed by atoms with van der Waals surface area (Å²) >= 11 is 0. The van der Waals surface area contributed by atoms with Crippen molar-refractivity contribution in [3.8, 4) is 17.0 Å². The van der Waals surface area contributed by atoms with Crippen LogP contribution in [-0.4, -0.2) is 60.0 Å². The number of pyridine rings is 1. The number of ether oxygens (including phenoxy) is 1. The fourth-order valence-electron chi connectivity index (χ4n) is 6.95. The Morgan fingerprint density at radius 2 is 1.70 bits per heavy atom. The van der Waals surface area contributed by atoms with Gasteiger partial charge in [-0.05, 0) is 94.7 Å². The molecule has 3 heterocycles. The van der Waals surface area contributed by atoms with Crippen molar-refractivity contribution in [2.24, 2.45) is 0 Å². The number of methoxy groups -OCH3 is 1. The maximum atomic E-state index is 14.4. The Balaban J connectivity index is 1.44. The lowest BCUT2D eigenvalue weighted by atomic mass is 9.93. The monoisotopic (exact) mass is 630 g/mol. The highest BCUT2D eigenvalue weighted by molar-refractivity contribution is 6.09. The smallest absolute Gasteiger partial charge is 0.416 e. The zero-order chi connectivity index (χ0) is 32.3. The van der Waals surface area contributed by atoms with Gasteiger partial charge in [-0.2, -0.15) is 13.2 Å². The van der Waals surface area contributed by atoms with Crippen molar-refractivity contribution < 1.29 is 22.7 Å². The molecular weight excluding hydrogens is 589 g/mol. The quantitative estimate of drug-likeness (QED) is 0.215. The number of benzene rings is 3.